The van der Waals surface area contributed by atoms with Crippen molar-refractivity contribution in [3.8, 4) is 0 Å². The molecule has 3 rings (SSSR count). The zero-order valence-electron chi connectivity index (χ0n) is 13.4. The number of piperidine rings is 1. The Bertz CT molecular complexity index is 683. The van der Waals surface area contributed by atoms with Crippen molar-refractivity contribution in [1.82, 2.24) is 4.90 Å². The summed E-state index contributed by atoms with van der Waals surface area (Å²) in [5.41, 5.74) is 2.65. The van der Waals surface area contributed by atoms with Crippen LogP contribution < -0.4 is 0 Å². The van der Waals surface area contributed by atoms with Gasteiger partial charge in [-0.3, -0.25) is 9.59 Å². The van der Waals surface area contributed by atoms with Crippen LogP contribution in [0.25, 0.3) is 0 Å². The summed E-state index contributed by atoms with van der Waals surface area (Å²) in [6, 6.07) is 17.1. The SMILES string of the molecule is Cc1ccc(C(=O)N2CCC(C(=O)c3ccccc3)CC2)cc1. The molecule has 2 aromatic rings. The molecule has 0 unspecified atom stereocenters. The predicted octanol–water partition coefficient (Wildman–Crippen LogP) is 3.73. The van der Waals surface area contributed by atoms with Crippen LogP contribution in [0.1, 0.15) is 39.1 Å². The number of Topliss-reactive ketones (excluding diaryl/α,β-unsaturated/α-hetero) is 1. The van der Waals surface area contributed by atoms with Crippen LogP contribution in [0.2, 0.25) is 0 Å². The third-order valence-electron chi connectivity index (χ3n) is 4.51. The summed E-state index contributed by atoms with van der Waals surface area (Å²) in [4.78, 5) is 26.8. The maximum Gasteiger partial charge on any atom is 0.253 e. The van der Waals surface area contributed by atoms with Crippen molar-refractivity contribution >= 4 is 11.7 Å². The zero-order valence-corrected chi connectivity index (χ0v) is 13.4. The number of amides is 1. The molecule has 0 spiro atoms. The Morgan fingerprint density at radius 2 is 1.48 bits per heavy atom. The normalized spacial score (nSPS) is 15.4. The van der Waals surface area contributed by atoms with Gasteiger partial charge in [-0.25, -0.2) is 0 Å². The number of hydrogen-bond acceptors (Lipinski definition) is 2. The number of carbonyl (C=O) groups is 2. The van der Waals surface area contributed by atoms with Gasteiger partial charge < -0.3 is 4.90 Å². The predicted molar refractivity (Wildman–Crippen MR) is 90.6 cm³/mol. The van der Waals surface area contributed by atoms with Crippen molar-refractivity contribution < 1.29 is 9.59 Å². The second-order valence-electron chi connectivity index (χ2n) is 6.16. The number of benzene rings is 2. The number of nitrogens with zero attached hydrogens (tertiary/aromatic N) is 1. The summed E-state index contributed by atoms with van der Waals surface area (Å²) in [5, 5.41) is 0. The summed E-state index contributed by atoms with van der Waals surface area (Å²) in [6.45, 7) is 3.31. The van der Waals surface area contributed by atoms with E-state index in [0.717, 1.165) is 29.5 Å². The van der Waals surface area contributed by atoms with Gasteiger partial charge in [0.05, 0.1) is 0 Å². The van der Waals surface area contributed by atoms with Gasteiger partial charge in [-0.1, -0.05) is 48.0 Å². The lowest BCUT2D eigenvalue weighted by atomic mass is 9.88. The van der Waals surface area contributed by atoms with Gasteiger partial charge >= 0.3 is 0 Å². The number of ketones is 1. The van der Waals surface area contributed by atoms with Gasteiger partial charge in [-0.05, 0) is 31.9 Å². The van der Waals surface area contributed by atoms with Crippen molar-refractivity contribution in [3.63, 3.8) is 0 Å². The van der Waals surface area contributed by atoms with Gasteiger partial charge in [0.1, 0.15) is 0 Å². The molecule has 0 bridgehead atoms. The molecule has 0 atom stereocenters. The van der Waals surface area contributed by atoms with E-state index in [2.05, 4.69) is 0 Å². The maximum atomic E-state index is 12.5. The van der Waals surface area contributed by atoms with Gasteiger partial charge in [-0.15, -0.1) is 0 Å². The summed E-state index contributed by atoms with van der Waals surface area (Å²) < 4.78 is 0. The van der Waals surface area contributed by atoms with Crippen LogP contribution >= 0.6 is 0 Å². The van der Waals surface area contributed by atoms with E-state index in [1.54, 1.807) is 0 Å². The third-order valence-corrected chi connectivity index (χ3v) is 4.51. The van der Waals surface area contributed by atoms with Crippen molar-refractivity contribution in [2.45, 2.75) is 19.8 Å². The van der Waals surface area contributed by atoms with Crippen molar-refractivity contribution in [1.29, 1.82) is 0 Å². The highest BCUT2D eigenvalue weighted by Gasteiger charge is 2.28. The fraction of sp³-hybridized carbons (Fsp3) is 0.300. The molecule has 1 aliphatic rings. The maximum absolute atomic E-state index is 12.5. The molecule has 3 nitrogen and oxygen atoms in total. The van der Waals surface area contributed by atoms with Crippen LogP contribution in [0, 0.1) is 12.8 Å². The second kappa shape index (κ2) is 6.78. The minimum absolute atomic E-state index is 0.0273. The number of aryl methyl sites for hydroxylation is 1. The largest absolute Gasteiger partial charge is 0.339 e. The molecule has 1 amide bonds. The van der Waals surface area contributed by atoms with Gasteiger partial charge in [0.15, 0.2) is 5.78 Å². The fourth-order valence-electron chi connectivity index (χ4n) is 3.06. The first-order valence-electron chi connectivity index (χ1n) is 8.10. The molecule has 1 fully saturated rings. The monoisotopic (exact) mass is 307 g/mol. The molecular weight excluding hydrogens is 286 g/mol. The minimum Gasteiger partial charge on any atom is -0.339 e. The minimum atomic E-state index is 0.0273. The van der Waals surface area contributed by atoms with Crippen LogP contribution in [0.5, 0.6) is 0 Å². The Morgan fingerprint density at radius 3 is 2.09 bits per heavy atom. The van der Waals surface area contributed by atoms with Crippen molar-refractivity contribution in [2.24, 2.45) is 5.92 Å². The van der Waals surface area contributed by atoms with Gasteiger partial charge in [0.2, 0.25) is 0 Å². The Kier molecular flexibility index (Phi) is 4.56. The summed E-state index contributed by atoms with van der Waals surface area (Å²) >= 11 is 0. The van der Waals surface area contributed by atoms with E-state index >= 15 is 0 Å². The first-order chi connectivity index (χ1) is 11.1. The molecule has 1 aliphatic heterocycles. The van der Waals surface area contributed by atoms with E-state index in [4.69, 9.17) is 0 Å². The van der Waals surface area contributed by atoms with Crippen LogP contribution in [0.15, 0.2) is 54.6 Å². The van der Waals surface area contributed by atoms with E-state index in [9.17, 15) is 9.59 Å². The Morgan fingerprint density at radius 1 is 0.870 bits per heavy atom. The standard InChI is InChI=1S/C20H21NO2/c1-15-7-9-18(10-8-15)20(23)21-13-11-17(12-14-21)19(22)16-5-3-2-4-6-16/h2-10,17H,11-14H2,1H3. The number of hydrogen-bond donors (Lipinski definition) is 0. The molecule has 118 valence electrons. The Hall–Kier alpha value is -2.42. The van der Waals surface area contributed by atoms with Crippen LogP contribution in [0.4, 0.5) is 0 Å². The van der Waals surface area contributed by atoms with Crippen LogP contribution in [-0.4, -0.2) is 29.7 Å². The molecule has 0 saturated carbocycles. The summed E-state index contributed by atoms with van der Waals surface area (Å²) in [5.74, 6) is 0.295. The Labute approximate surface area is 136 Å². The number of rotatable bonds is 3. The van der Waals surface area contributed by atoms with Crippen molar-refractivity contribution in [3.05, 3.63) is 71.3 Å². The molecule has 0 aliphatic carbocycles. The van der Waals surface area contributed by atoms with E-state index in [1.807, 2.05) is 66.4 Å². The van der Waals surface area contributed by atoms with Crippen LogP contribution in [0.3, 0.4) is 0 Å². The van der Waals surface area contributed by atoms with E-state index < -0.39 is 0 Å². The topological polar surface area (TPSA) is 37.4 Å². The molecule has 0 N–H and O–H groups in total. The lowest BCUT2D eigenvalue weighted by Gasteiger charge is -2.31. The number of carbonyl (C=O) groups excluding carboxylic acids is 2. The number of likely N-dealkylation sites (tertiary alicyclic amines) is 1. The highest BCUT2D eigenvalue weighted by Crippen LogP contribution is 2.23. The van der Waals surface area contributed by atoms with Gasteiger partial charge in [-0.2, -0.15) is 0 Å². The molecule has 1 saturated heterocycles. The first kappa shape index (κ1) is 15.5. The quantitative estimate of drug-likeness (QED) is 0.810. The fourth-order valence-corrected chi connectivity index (χ4v) is 3.06. The molecule has 0 aromatic heterocycles. The highest BCUT2D eigenvalue weighted by atomic mass is 16.2. The molecule has 2 aromatic carbocycles. The molecule has 23 heavy (non-hydrogen) atoms. The zero-order chi connectivity index (χ0) is 16.2. The molecular formula is C20H21NO2. The lowest BCUT2D eigenvalue weighted by molar-refractivity contribution is 0.0650. The summed E-state index contributed by atoms with van der Waals surface area (Å²) in [7, 11) is 0. The average molecular weight is 307 g/mol. The first-order valence-corrected chi connectivity index (χ1v) is 8.10. The smallest absolute Gasteiger partial charge is 0.253 e. The summed E-state index contributed by atoms with van der Waals surface area (Å²) in [6.07, 6.45) is 1.48. The van der Waals surface area contributed by atoms with E-state index in [0.29, 0.717) is 13.1 Å². The lowest BCUT2D eigenvalue weighted by Crippen LogP contribution is -2.40. The average Bonchev–Trinajstić information content (AvgIpc) is 2.62. The molecule has 3 heteroatoms. The Balaban J connectivity index is 1.61. The van der Waals surface area contributed by atoms with Crippen LogP contribution in [-0.2, 0) is 0 Å². The molecule has 0 radical (unpaired) electrons. The third kappa shape index (κ3) is 3.50. The molecule has 1 heterocycles. The van der Waals surface area contributed by atoms with Gasteiger partial charge in [0.25, 0.3) is 5.91 Å². The van der Waals surface area contributed by atoms with Gasteiger partial charge in [0, 0.05) is 30.1 Å². The van der Waals surface area contributed by atoms with Crippen molar-refractivity contribution in [2.75, 3.05) is 13.1 Å². The van der Waals surface area contributed by atoms with E-state index in [-0.39, 0.29) is 17.6 Å². The second-order valence-corrected chi connectivity index (χ2v) is 6.16. The highest BCUT2D eigenvalue weighted by molar-refractivity contribution is 5.98. The van der Waals surface area contributed by atoms with E-state index in [1.165, 1.54) is 0 Å².